The SMILES string of the molecule is C[C@H]1CCCN(C(=O)CCNC(=O)c2ccc3nc[nH]c3c2)C1. The van der Waals surface area contributed by atoms with Gasteiger partial charge in [-0.1, -0.05) is 6.92 Å². The van der Waals surface area contributed by atoms with Crippen molar-refractivity contribution in [2.24, 2.45) is 5.92 Å². The van der Waals surface area contributed by atoms with Crippen LogP contribution in [0, 0.1) is 5.92 Å². The maximum absolute atomic E-state index is 12.2. The molecule has 1 aliphatic rings. The average molecular weight is 314 g/mol. The topological polar surface area (TPSA) is 78.1 Å². The van der Waals surface area contributed by atoms with E-state index in [0.717, 1.165) is 30.5 Å². The molecule has 0 aliphatic carbocycles. The number of aromatic amines is 1. The third-order valence-corrected chi connectivity index (χ3v) is 4.32. The van der Waals surface area contributed by atoms with Crippen molar-refractivity contribution in [1.29, 1.82) is 0 Å². The number of fused-ring (bicyclic) bond motifs is 1. The molecule has 2 aromatic rings. The summed E-state index contributed by atoms with van der Waals surface area (Å²) in [7, 11) is 0. The number of amides is 2. The monoisotopic (exact) mass is 314 g/mol. The maximum atomic E-state index is 12.2. The number of hydrogen-bond acceptors (Lipinski definition) is 3. The van der Waals surface area contributed by atoms with E-state index in [2.05, 4.69) is 22.2 Å². The third-order valence-electron chi connectivity index (χ3n) is 4.32. The average Bonchev–Trinajstić information content (AvgIpc) is 3.02. The minimum absolute atomic E-state index is 0.126. The predicted molar refractivity (Wildman–Crippen MR) is 88.0 cm³/mol. The first-order valence-corrected chi connectivity index (χ1v) is 8.12. The molecule has 122 valence electrons. The first kappa shape index (κ1) is 15.5. The van der Waals surface area contributed by atoms with Crippen molar-refractivity contribution in [2.45, 2.75) is 26.2 Å². The quantitative estimate of drug-likeness (QED) is 0.905. The number of piperidine rings is 1. The van der Waals surface area contributed by atoms with E-state index in [9.17, 15) is 9.59 Å². The van der Waals surface area contributed by atoms with Gasteiger partial charge in [0.2, 0.25) is 5.91 Å². The van der Waals surface area contributed by atoms with Crippen LogP contribution in [0.15, 0.2) is 24.5 Å². The number of nitrogens with zero attached hydrogens (tertiary/aromatic N) is 2. The van der Waals surface area contributed by atoms with E-state index in [1.807, 2.05) is 4.90 Å². The molecule has 1 fully saturated rings. The minimum atomic E-state index is -0.165. The number of hydrogen-bond donors (Lipinski definition) is 2. The van der Waals surface area contributed by atoms with Crippen LogP contribution in [0.2, 0.25) is 0 Å². The summed E-state index contributed by atoms with van der Waals surface area (Å²) in [5.74, 6) is 0.533. The van der Waals surface area contributed by atoms with E-state index in [0.29, 0.717) is 24.4 Å². The number of carbonyl (C=O) groups excluding carboxylic acids is 2. The van der Waals surface area contributed by atoms with Crippen molar-refractivity contribution in [3.63, 3.8) is 0 Å². The lowest BCUT2D eigenvalue weighted by atomic mass is 10.00. The molecule has 1 saturated heterocycles. The Balaban J connectivity index is 1.49. The molecule has 6 nitrogen and oxygen atoms in total. The molecule has 1 atom stereocenters. The van der Waals surface area contributed by atoms with E-state index in [1.54, 1.807) is 24.5 Å². The van der Waals surface area contributed by atoms with Crippen LogP contribution in [0.25, 0.3) is 11.0 Å². The Bertz CT molecular complexity index is 709. The van der Waals surface area contributed by atoms with Gasteiger partial charge in [0.1, 0.15) is 0 Å². The molecule has 1 aromatic carbocycles. The van der Waals surface area contributed by atoms with Crippen molar-refractivity contribution >= 4 is 22.8 Å². The Kier molecular flexibility index (Phi) is 4.60. The van der Waals surface area contributed by atoms with Crippen LogP contribution in [0.1, 0.15) is 36.5 Å². The fraction of sp³-hybridized carbons (Fsp3) is 0.471. The summed E-state index contributed by atoms with van der Waals surface area (Å²) in [5, 5.41) is 2.82. The van der Waals surface area contributed by atoms with Gasteiger partial charge in [0, 0.05) is 31.6 Å². The number of H-pyrrole nitrogens is 1. The molecule has 1 aromatic heterocycles. The third kappa shape index (κ3) is 3.70. The lowest BCUT2D eigenvalue weighted by molar-refractivity contribution is -0.132. The van der Waals surface area contributed by atoms with E-state index in [1.165, 1.54) is 6.42 Å². The van der Waals surface area contributed by atoms with Gasteiger partial charge in [0.15, 0.2) is 0 Å². The normalized spacial score (nSPS) is 18.1. The zero-order valence-corrected chi connectivity index (χ0v) is 13.3. The van der Waals surface area contributed by atoms with Crippen LogP contribution in [-0.4, -0.2) is 46.3 Å². The second-order valence-electron chi connectivity index (χ2n) is 6.23. The smallest absolute Gasteiger partial charge is 0.251 e. The lowest BCUT2D eigenvalue weighted by Gasteiger charge is -2.31. The highest BCUT2D eigenvalue weighted by atomic mass is 16.2. The zero-order valence-electron chi connectivity index (χ0n) is 13.3. The molecule has 1 aliphatic heterocycles. The van der Waals surface area contributed by atoms with Gasteiger partial charge in [-0.25, -0.2) is 4.98 Å². The largest absolute Gasteiger partial charge is 0.352 e. The summed E-state index contributed by atoms with van der Waals surface area (Å²) in [4.78, 5) is 33.3. The molecule has 0 unspecified atom stereocenters. The molecule has 2 N–H and O–H groups in total. The van der Waals surface area contributed by atoms with Crippen molar-refractivity contribution < 1.29 is 9.59 Å². The van der Waals surface area contributed by atoms with E-state index >= 15 is 0 Å². The molecule has 23 heavy (non-hydrogen) atoms. The Morgan fingerprint density at radius 2 is 2.30 bits per heavy atom. The number of imidazole rings is 1. The highest BCUT2D eigenvalue weighted by molar-refractivity contribution is 5.97. The summed E-state index contributed by atoms with van der Waals surface area (Å²) >= 11 is 0. The first-order chi connectivity index (χ1) is 11.1. The van der Waals surface area contributed by atoms with Crippen molar-refractivity contribution in [1.82, 2.24) is 20.2 Å². The van der Waals surface area contributed by atoms with Crippen molar-refractivity contribution in [3.05, 3.63) is 30.1 Å². The molecular weight excluding hydrogens is 292 g/mol. The Hall–Kier alpha value is -2.37. The molecule has 2 amide bonds. The van der Waals surface area contributed by atoms with Crippen LogP contribution in [0.4, 0.5) is 0 Å². The maximum Gasteiger partial charge on any atom is 0.251 e. The minimum Gasteiger partial charge on any atom is -0.352 e. The van der Waals surface area contributed by atoms with Crippen molar-refractivity contribution in [2.75, 3.05) is 19.6 Å². The Morgan fingerprint density at radius 1 is 1.43 bits per heavy atom. The van der Waals surface area contributed by atoms with Gasteiger partial charge >= 0.3 is 0 Å². The summed E-state index contributed by atoms with van der Waals surface area (Å²) in [5.41, 5.74) is 2.23. The Labute approximate surface area is 135 Å². The number of likely N-dealkylation sites (tertiary alicyclic amines) is 1. The molecule has 2 heterocycles. The first-order valence-electron chi connectivity index (χ1n) is 8.12. The van der Waals surface area contributed by atoms with Gasteiger partial charge in [0.25, 0.3) is 5.91 Å². The number of nitrogens with one attached hydrogen (secondary N) is 2. The standard InChI is InChI=1S/C17H22N4O2/c1-12-3-2-8-21(10-12)16(22)6-7-18-17(23)13-4-5-14-15(9-13)20-11-19-14/h4-5,9,11-12H,2-3,6-8,10H2,1H3,(H,18,23)(H,19,20)/t12-/m0/s1. The van der Waals surface area contributed by atoms with Crippen molar-refractivity contribution in [3.8, 4) is 0 Å². The van der Waals surface area contributed by atoms with Gasteiger partial charge in [-0.2, -0.15) is 0 Å². The van der Waals surface area contributed by atoms with Gasteiger partial charge in [-0.15, -0.1) is 0 Å². The number of aromatic nitrogens is 2. The fourth-order valence-corrected chi connectivity index (χ4v) is 3.04. The highest BCUT2D eigenvalue weighted by Crippen LogP contribution is 2.16. The van der Waals surface area contributed by atoms with E-state index in [4.69, 9.17) is 0 Å². The van der Waals surface area contributed by atoms with Gasteiger partial charge in [-0.3, -0.25) is 9.59 Å². The molecule has 0 bridgehead atoms. The number of benzene rings is 1. The predicted octanol–water partition coefficient (Wildman–Crippen LogP) is 1.94. The molecule has 0 saturated carbocycles. The van der Waals surface area contributed by atoms with Gasteiger partial charge < -0.3 is 15.2 Å². The van der Waals surface area contributed by atoms with Crippen LogP contribution < -0.4 is 5.32 Å². The van der Waals surface area contributed by atoms with Crippen LogP contribution in [0.3, 0.4) is 0 Å². The summed E-state index contributed by atoms with van der Waals surface area (Å²) < 4.78 is 0. The van der Waals surface area contributed by atoms with E-state index < -0.39 is 0 Å². The number of carbonyl (C=O) groups is 2. The zero-order chi connectivity index (χ0) is 16.2. The van der Waals surface area contributed by atoms with E-state index in [-0.39, 0.29) is 11.8 Å². The molecule has 0 radical (unpaired) electrons. The van der Waals surface area contributed by atoms with Gasteiger partial charge in [-0.05, 0) is 37.0 Å². The second-order valence-corrected chi connectivity index (χ2v) is 6.23. The fourth-order valence-electron chi connectivity index (χ4n) is 3.04. The second kappa shape index (κ2) is 6.81. The highest BCUT2D eigenvalue weighted by Gasteiger charge is 2.20. The molecule has 3 rings (SSSR count). The van der Waals surface area contributed by atoms with Crippen LogP contribution in [-0.2, 0) is 4.79 Å². The lowest BCUT2D eigenvalue weighted by Crippen LogP contribution is -2.40. The Morgan fingerprint density at radius 3 is 3.13 bits per heavy atom. The summed E-state index contributed by atoms with van der Waals surface area (Å²) in [6, 6.07) is 5.32. The van der Waals surface area contributed by atoms with Crippen LogP contribution >= 0.6 is 0 Å². The summed E-state index contributed by atoms with van der Waals surface area (Å²) in [6.07, 6.45) is 4.22. The molecule has 0 spiro atoms. The molecular formula is C17H22N4O2. The van der Waals surface area contributed by atoms with Gasteiger partial charge in [0.05, 0.1) is 17.4 Å². The van der Waals surface area contributed by atoms with Crippen LogP contribution in [0.5, 0.6) is 0 Å². The summed E-state index contributed by atoms with van der Waals surface area (Å²) in [6.45, 7) is 4.22. The molecule has 6 heteroatoms. The number of rotatable bonds is 4.